The second kappa shape index (κ2) is 15.5. The Bertz CT molecular complexity index is 3740. The molecule has 16 heteroatoms. The van der Waals surface area contributed by atoms with Crippen molar-refractivity contribution in [3.8, 4) is 0 Å². The molecule has 16 nitrogen and oxygen atoms in total. The van der Waals surface area contributed by atoms with Gasteiger partial charge in [0.1, 0.15) is 0 Å². The first-order valence-electron chi connectivity index (χ1n) is 19.6. The molecule has 0 atom stereocenters. The lowest BCUT2D eigenvalue weighted by molar-refractivity contribution is -0.137. The maximum atomic E-state index is 14.7. The molecule has 6 aromatic carbocycles. The van der Waals surface area contributed by atoms with E-state index in [4.69, 9.17) is 0 Å². The minimum absolute atomic E-state index is 0.00851. The number of pyridine rings is 3. The van der Waals surface area contributed by atoms with Gasteiger partial charge in [-0.05, 0) is 95.1 Å². The van der Waals surface area contributed by atoms with Crippen LogP contribution in [-0.4, -0.2) is 65.2 Å². The SMILES string of the molecule is O=C(O)Cc1ccc(N(C(=O)Cc2ccc3[nH]c4cc5c(=O)c6cc(CC(=O)O)ccc6[nH]c5cc4c(=O)c3c2)c2cc3c(=O)c4cc(CC(=O)O)ccc4[nH]c3cc2C(=O)O)cc1. The van der Waals surface area contributed by atoms with Gasteiger partial charge < -0.3 is 35.4 Å². The fraction of sp³-hybridized carbons (Fsp3) is 0.0833. The molecule has 316 valence electrons. The van der Waals surface area contributed by atoms with E-state index in [2.05, 4.69) is 15.0 Å². The quantitative estimate of drug-likeness (QED) is 0.0722. The first-order chi connectivity index (χ1) is 30.6. The maximum absolute atomic E-state index is 14.7. The van der Waals surface area contributed by atoms with E-state index in [0.29, 0.717) is 55.2 Å². The highest BCUT2D eigenvalue weighted by atomic mass is 16.4. The van der Waals surface area contributed by atoms with Crippen LogP contribution in [0.4, 0.5) is 11.4 Å². The van der Waals surface area contributed by atoms with Crippen LogP contribution in [0.1, 0.15) is 32.6 Å². The van der Waals surface area contributed by atoms with E-state index in [-0.39, 0.29) is 80.5 Å². The highest BCUT2D eigenvalue weighted by Crippen LogP contribution is 2.34. The topological polar surface area (TPSA) is 268 Å². The standard InChI is InChI=1S/C48H32N4O12/c53-41(14-23-3-8-34-27(11-23)45(60)30-18-38-31(19-37(30)49-34)46(61)28-12-24(16-43(56)57)4-9-35(28)50-38)52(26-6-1-22(2-7-26)15-42(54)55)40-21-32-39(20-33(40)48(63)64)51-36-10-5-25(17-44(58)59)13-29(36)47(32)62/h1-13,18-21H,14-17H2,(H,49,60)(H,50,61)(H,51,62)(H,54,55)(H,56,57)(H,58,59)(H,63,64). The molecule has 0 aliphatic carbocycles. The second-order valence-electron chi connectivity index (χ2n) is 15.4. The zero-order valence-electron chi connectivity index (χ0n) is 33.1. The average molecular weight is 857 g/mol. The van der Waals surface area contributed by atoms with Gasteiger partial charge in [-0.2, -0.15) is 0 Å². The number of carbonyl (C=O) groups is 5. The number of aliphatic carboxylic acids is 3. The molecule has 3 heterocycles. The maximum Gasteiger partial charge on any atom is 0.337 e. The molecule has 0 radical (unpaired) electrons. The van der Waals surface area contributed by atoms with Crippen molar-refractivity contribution in [3.05, 3.63) is 162 Å². The van der Waals surface area contributed by atoms with Crippen LogP contribution >= 0.6 is 0 Å². The molecular formula is C48H32N4O12. The highest BCUT2D eigenvalue weighted by molar-refractivity contribution is 6.11. The molecule has 0 aliphatic heterocycles. The summed E-state index contributed by atoms with van der Waals surface area (Å²) in [5, 5.41) is 39.6. The van der Waals surface area contributed by atoms with Crippen LogP contribution in [0.2, 0.25) is 0 Å². The first kappa shape index (κ1) is 40.5. The monoisotopic (exact) mass is 856 g/mol. The number of nitrogens with one attached hydrogen (secondary N) is 3. The summed E-state index contributed by atoms with van der Waals surface area (Å²) in [6.45, 7) is 0. The zero-order chi connectivity index (χ0) is 45.1. The zero-order valence-corrected chi connectivity index (χ0v) is 33.1. The number of hydrogen-bond donors (Lipinski definition) is 7. The number of amides is 1. The van der Waals surface area contributed by atoms with Crippen molar-refractivity contribution >= 4 is 107 Å². The highest BCUT2D eigenvalue weighted by Gasteiger charge is 2.26. The number of carbonyl (C=O) groups excluding carboxylic acids is 1. The minimum atomic E-state index is -1.43. The third kappa shape index (κ3) is 7.34. The van der Waals surface area contributed by atoms with Crippen LogP contribution in [0.25, 0.3) is 65.4 Å². The molecule has 64 heavy (non-hydrogen) atoms. The van der Waals surface area contributed by atoms with E-state index < -0.39 is 40.6 Å². The van der Waals surface area contributed by atoms with Crippen molar-refractivity contribution in [1.82, 2.24) is 15.0 Å². The predicted octanol–water partition coefficient (Wildman–Crippen LogP) is 6.16. The molecule has 0 aliphatic rings. The lowest BCUT2D eigenvalue weighted by atomic mass is 10.0. The molecular weight excluding hydrogens is 825 g/mol. The van der Waals surface area contributed by atoms with Crippen LogP contribution in [0.15, 0.2) is 118 Å². The number of benzene rings is 6. The van der Waals surface area contributed by atoms with Crippen molar-refractivity contribution in [2.45, 2.75) is 25.7 Å². The Morgan fingerprint density at radius 3 is 1.19 bits per heavy atom. The smallest absolute Gasteiger partial charge is 0.337 e. The Balaban J connectivity index is 1.15. The Morgan fingerprint density at radius 2 is 0.766 bits per heavy atom. The van der Waals surface area contributed by atoms with Crippen LogP contribution in [-0.2, 0) is 44.9 Å². The molecule has 9 rings (SSSR count). The molecule has 0 saturated carbocycles. The van der Waals surface area contributed by atoms with Crippen molar-refractivity contribution in [2.75, 3.05) is 4.90 Å². The number of aromatic nitrogens is 3. The van der Waals surface area contributed by atoms with Crippen molar-refractivity contribution in [2.24, 2.45) is 0 Å². The summed E-state index contributed by atoms with van der Waals surface area (Å²) in [7, 11) is 0. The summed E-state index contributed by atoms with van der Waals surface area (Å²) >= 11 is 0. The Morgan fingerprint density at radius 1 is 0.406 bits per heavy atom. The molecule has 9 aromatic rings. The summed E-state index contributed by atoms with van der Waals surface area (Å²) in [6, 6.07) is 25.4. The van der Waals surface area contributed by atoms with E-state index in [9.17, 15) is 58.8 Å². The van der Waals surface area contributed by atoms with Crippen molar-refractivity contribution < 1.29 is 44.4 Å². The molecule has 0 bridgehead atoms. The Hall–Kier alpha value is -8.92. The summed E-state index contributed by atoms with van der Waals surface area (Å²) in [5.41, 5.74) is 1.92. The van der Waals surface area contributed by atoms with Crippen LogP contribution in [0, 0.1) is 0 Å². The van der Waals surface area contributed by atoms with E-state index in [1.54, 1.807) is 36.4 Å². The number of aromatic carboxylic acids is 1. The predicted molar refractivity (Wildman–Crippen MR) is 238 cm³/mol. The average Bonchev–Trinajstić information content (AvgIpc) is 3.24. The van der Waals surface area contributed by atoms with E-state index in [1.807, 2.05) is 0 Å². The van der Waals surface area contributed by atoms with Gasteiger partial charge >= 0.3 is 23.9 Å². The lowest BCUT2D eigenvalue weighted by Crippen LogP contribution is -2.29. The minimum Gasteiger partial charge on any atom is -0.481 e. The lowest BCUT2D eigenvalue weighted by Gasteiger charge is -2.25. The van der Waals surface area contributed by atoms with Crippen LogP contribution < -0.4 is 21.2 Å². The van der Waals surface area contributed by atoms with Gasteiger partial charge in [0.25, 0.3) is 0 Å². The van der Waals surface area contributed by atoms with Gasteiger partial charge in [-0.1, -0.05) is 30.3 Å². The van der Waals surface area contributed by atoms with E-state index in [0.717, 1.165) is 4.90 Å². The summed E-state index contributed by atoms with van der Waals surface area (Å²) < 4.78 is 0. The van der Waals surface area contributed by atoms with Gasteiger partial charge in [0.2, 0.25) is 5.91 Å². The molecule has 0 saturated heterocycles. The number of rotatable bonds is 11. The molecule has 7 N–H and O–H groups in total. The van der Waals surface area contributed by atoms with Gasteiger partial charge in [-0.25, -0.2) is 4.79 Å². The summed E-state index contributed by atoms with van der Waals surface area (Å²) in [4.78, 5) is 114. The number of carboxylic acids is 4. The van der Waals surface area contributed by atoms with Crippen LogP contribution in [0.5, 0.6) is 0 Å². The number of aromatic amines is 3. The molecule has 0 unspecified atom stereocenters. The molecule has 0 fully saturated rings. The normalized spacial score (nSPS) is 11.5. The van der Waals surface area contributed by atoms with Gasteiger partial charge in [0, 0.05) is 54.6 Å². The number of carboxylic acid groups (broad SMARTS) is 4. The molecule has 1 amide bonds. The van der Waals surface area contributed by atoms with Gasteiger partial charge in [-0.3, -0.25) is 38.5 Å². The van der Waals surface area contributed by atoms with Crippen molar-refractivity contribution in [3.63, 3.8) is 0 Å². The number of fused-ring (bicyclic) bond motifs is 6. The van der Waals surface area contributed by atoms with Crippen molar-refractivity contribution in [1.29, 1.82) is 0 Å². The fourth-order valence-corrected chi connectivity index (χ4v) is 8.24. The third-order valence-corrected chi connectivity index (χ3v) is 11.2. The van der Waals surface area contributed by atoms with Crippen LogP contribution in [0.3, 0.4) is 0 Å². The van der Waals surface area contributed by atoms with E-state index in [1.165, 1.54) is 66.7 Å². The number of anilines is 2. The third-order valence-electron chi connectivity index (χ3n) is 11.2. The largest absolute Gasteiger partial charge is 0.481 e. The second-order valence-corrected chi connectivity index (χ2v) is 15.4. The first-order valence-corrected chi connectivity index (χ1v) is 19.6. The number of H-pyrrole nitrogens is 3. The number of hydrogen-bond acceptors (Lipinski definition) is 8. The van der Waals surface area contributed by atoms with Gasteiger partial charge in [-0.15, -0.1) is 0 Å². The fourth-order valence-electron chi connectivity index (χ4n) is 8.24. The van der Waals surface area contributed by atoms with E-state index >= 15 is 0 Å². The van der Waals surface area contributed by atoms with Gasteiger partial charge in [0.15, 0.2) is 16.3 Å². The molecule has 3 aromatic heterocycles. The van der Waals surface area contributed by atoms with Gasteiger partial charge in [0.05, 0.1) is 53.5 Å². The summed E-state index contributed by atoms with van der Waals surface area (Å²) in [5.74, 6) is -5.34. The Labute approximate surface area is 357 Å². The summed E-state index contributed by atoms with van der Waals surface area (Å²) in [6.07, 6.45) is -1.31. The Kier molecular flexibility index (Phi) is 9.82. The number of nitrogens with zero attached hydrogens (tertiary/aromatic N) is 1. The molecule has 0 spiro atoms.